The number of anilines is 1. The van der Waals surface area contributed by atoms with Gasteiger partial charge in [-0.15, -0.1) is 11.6 Å². The third-order valence-electron chi connectivity index (χ3n) is 2.72. The van der Waals surface area contributed by atoms with Crippen LogP contribution in [0.5, 0.6) is 0 Å². The van der Waals surface area contributed by atoms with Crippen LogP contribution in [0, 0.1) is 11.3 Å². The summed E-state index contributed by atoms with van der Waals surface area (Å²) in [6, 6.07) is 6.07. The highest BCUT2D eigenvalue weighted by Gasteiger charge is 2.31. The molecule has 0 bridgehead atoms. The van der Waals surface area contributed by atoms with Crippen LogP contribution in [0.2, 0.25) is 0 Å². The summed E-state index contributed by atoms with van der Waals surface area (Å²) >= 11 is 5.88. The molecule has 1 N–H and O–H groups in total. The van der Waals surface area contributed by atoms with Gasteiger partial charge in [0.05, 0.1) is 28.3 Å². The number of benzene rings is 1. The van der Waals surface area contributed by atoms with Crippen LogP contribution in [0.3, 0.4) is 0 Å². The second kappa shape index (κ2) is 4.67. The Labute approximate surface area is 108 Å². The molecule has 0 aromatic heterocycles. The first-order chi connectivity index (χ1) is 8.52. The Morgan fingerprint density at radius 2 is 2.28 bits per heavy atom. The number of carbonyl (C=O) groups excluding carboxylic acids is 1. The van der Waals surface area contributed by atoms with Gasteiger partial charge in [0.15, 0.2) is 0 Å². The first-order valence-corrected chi connectivity index (χ1v) is 5.68. The molecule has 1 aromatic rings. The maximum absolute atomic E-state index is 11.7. The van der Waals surface area contributed by atoms with Gasteiger partial charge in [0.2, 0.25) is 5.91 Å². The quantitative estimate of drug-likeness (QED) is 0.823. The predicted octanol–water partition coefficient (Wildman–Crippen LogP) is 1.60. The van der Waals surface area contributed by atoms with E-state index in [4.69, 9.17) is 22.0 Å². The number of halogens is 1. The number of carbonyl (C=O) groups is 2. The van der Waals surface area contributed by atoms with Crippen LogP contribution in [0.15, 0.2) is 18.2 Å². The van der Waals surface area contributed by atoms with Gasteiger partial charge in [-0.05, 0) is 18.2 Å². The number of nitriles is 1. The first kappa shape index (κ1) is 12.4. The lowest BCUT2D eigenvalue weighted by molar-refractivity contribution is -0.117. The van der Waals surface area contributed by atoms with Gasteiger partial charge in [0.25, 0.3) is 0 Å². The van der Waals surface area contributed by atoms with Crippen molar-refractivity contribution in [3.63, 3.8) is 0 Å². The molecule has 1 aliphatic heterocycles. The summed E-state index contributed by atoms with van der Waals surface area (Å²) in [5, 5.41) is 17.6. The molecule has 92 valence electrons. The van der Waals surface area contributed by atoms with Crippen molar-refractivity contribution in [3.05, 3.63) is 29.3 Å². The minimum absolute atomic E-state index is 0.0619. The summed E-state index contributed by atoms with van der Waals surface area (Å²) in [6.07, 6.45) is 0.195. The molecule has 1 fully saturated rings. The molecule has 5 nitrogen and oxygen atoms in total. The summed E-state index contributed by atoms with van der Waals surface area (Å²) in [5.74, 6) is -1.38. The largest absolute Gasteiger partial charge is 0.478 e. The standard InChI is InChI=1S/C12H9ClN2O3/c13-8-4-11(16)15(6-8)10-2-1-7(5-14)3-9(10)12(17)18/h1-3,8H,4,6H2,(H,17,18). The number of rotatable bonds is 2. The fraction of sp³-hybridized carbons (Fsp3) is 0.250. The van der Waals surface area contributed by atoms with Crippen LogP contribution < -0.4 is 4.90 Å². The molecular formula is C12H9ClN2O3. The van der Waals surface area contributed by atoms with Crippen LogP contribution in [0.1, 0.15) is 22.3 Å². The van der Waals surface area contributed by atoms with Gasteiger partial charge in [-0.25, -0.2) is 4.79 Å². The van der Waals surface area contributed by atoms with E-state index in [9.17, 15) is 9.59 Å². The molecular weight excluding hydrogens is 256 g/mol. The van der Waals surface area contributed by atoms with Crippen molar-refractivity contribution in [1.82, 2.24) is 0 Å². The SMILES string of the molecule is N#Cc1ccc(N2CC(Cl)CC2=O)c(C(=O)O)c1. The number of amides is 1. The third kappa shape index (κ3) is 2.15. The summed E-state index contributed by atoms with van der Waals surface area (Å²) < 4.78 is 0. The summed E-state index contributed by atoms with van der Waals surface area (Å²) in [5.41, 5.74) is 0.466. The lowest BCUT2D eigenvalue weighted by atomic mass is 10.1. The smallest absolute Gasteiger partial charge is 0.337 e. The number of hydrogen-bond donors (Lipinski definition) is 1. The molecule has 6 heteroatoms. The molecule has 0 spiro atoms. The second-order valence-electron chi connectivity index (χ2n) is 3.95. The molecule has 1 atom stereocenters. The van der Waals surface area contributed by atoms with Crippen molar-refractivity contribution in [3.8, 4) is 6.07 Å². The van der Waals surface area contributed by atoms with Crippen molar-refractivity contribution in [2.45, 2.75) is 11.8 Å². The first-order valence-electron chi connectivity index (χ1n) is 5.25. The average Bonchev–Trinajstić information content (AvgIpc) is 2.67. The maximum atomic E-state index is 11.7. The summed E-state index contributed by atoms with van der Waals surface area (Å²) in [6.45, 7) is 0.284. The topological polar surface area (TPSA) is 81.4 Å². The van der Waals surface area contributed by atoms with E-state index in [1.807, 2.05) is 6.07 Å². The molecule has 0 aliphatic carbocycles. The van der Waals surface area contributed by atoms with Gasteiger partial charge in [-0.1, -0.05) is 0 Å². The molecule has 1 saturated heterocycles. The Hall–Kier alpha value is -2.06. The molecule has 1 aliphatic rings. The third-order valence-corrected chi connectivity index (χ3v) is 3.02. The van der Waals surface area contributed by atoms with Gasteiger partial charge < -0.3 is 10.0 Å². The highest BCUT2D eigenvalue weighted by atomic mass is 35.5. The fourth-order valence-electron chi connectivity index (χ4n) is 1.91. The second-order valence-corrected chi connectivity index (χ2v) is 4.57. The number of carboxylic acid groups (broad SMARTS) is 1. The van der Waals surface area contributed by atoms with Crippen molar-refractivity contribution >= 4 is 29.2 Å². The molecule has 1 aromatic carbocycles. The van der Waals surface area contributed by atoms with Crippen molar-refractivity contribution in [2.24, 2.45) is 0 Å². The average molecular weight is 265 g/mol. The van der Waals surface area contributed by atoms with E-state index in [1.165, 1.54) is 23.1 Å². The number of carboxylic acids is 1. The van der Waals surface area contributed by atoms with Crippen LogP contribution in [0.25, 0.3) is 0 Å². The van der Waals surface area contributed by atoms with Gasteiger partial charge in [0.1, 0.15) is 0 Å². The van der Waals surface area contributed by atoms with E-state index in [0.29, 0.717) is 0 Å². The normalized spacial score (nSPS) is 18.8. The van der Waals surface area contributed by atoms with E-state index in [-0.39, 0.29) is 41.1 Å². The highest BCUT2D eigenvalue weighted by Crippen LogP contribution is 2.28. The van der Waals surface area contributed by atoms with Gasteiger partial charge in [-0.2, -0.15) is 5.26 Å². The van der Waals surface area contributed by atoms with Crippen molar-refractivity contribution in [2.75, 3.05) is 11.4 Å². The van der Waals surface area contributed by atoms with E-state index in [0.717, 1.165) is 0 Å². The van der Waals surface area contributed by atoms with Gasteiger partial charge in [-0.3, -0.25) is 4.79 Å². The Morgan fingerprint density at radius 3 is 2.78 bits per heavy atom. The zero-order chi connectivity index (χ0) is 13.3. The Balaban J connectivity index is 2.48. The highest BCUT2D eigenvalue weighted by molar-refractivity contribution is 6.24. The maximum Gasteiger partial charge on any atom is 0.337 e. The Kier molecular flexibility index (Phi) is 3.21. The zero-order valence-electron chi connectivity index (χ0n) is 9.26. The lowest BCUT2D eigenvalue weighted by Gasteiger charge is -2.18. The number of nitrogens with zero attached hydrogens (tertiary/aromatic N) is 2. The number of hydrogen-bond acceptors (Lipinski definition) is 3. The molecule has 0 saturated carbocycles. The van der Waals surface area contributed by atoms with Crippen LogP contribution in [0.4, 0.5) is 5.69 Å². The monoisotopic (exact) mass is 264 g/mol. The Bertz CT molecular complexity index is 565. The van der Waals surface area contributed by atoms with E-state index in [1.54, 1.807) is 0 Å². The molecule has 1 amide bonds. The fourth-order valence-corrected chi connectivity index (χ4v) is 2.18. The molecule has 0 radical (unpaired) electrons. The minimum atomic E-state index is -1.17. The van der Waals surface area contributed by atoms with Crippen molar-refractivity contribution in [1.29, 1.82) is 5.26 Å². The summed E-state index contributed by atoms with van der Waals surface area (Å²) in [7, 11) is 0. The van der Waals surface area contributed by atoms with Crippen LogP contribution in [-0.2, 0) is 4.79 Å². The number of alkyl halides is 1. The van der Waals surface area contributed by atoms with Crippen molar-refractivity contribution < 1.29 is 14.7 Å². The van der Waals surface area contributed by atoms with E-state index >= 15 is 0 Å². The molecule has 1 heterocycles. The lowest BCUT2D eigenvalue weighted by Crippen LogP contribution is -2.26. The van der Waals surface area contributed by atoms with Gasteiger partial charge in [0, 0.05) is 13.0 Å². The van der Waals surface area contributed by atoms with E-state index < -0.39 is 5.97 Å². The molecule has 18 heavy (non-hydrogen) atoms. The zero-order valence-corrected chi connectivity index (χ0v) is 10.0. The summed E-state index contributed by atoms with van der Waals surface area (Å²) in [4.78, 5) is 24.2. The van der Waals surface area contributed by atoms with Gasteiger partial charge >= 0.3 is 5.97 Å². The molecule has 1 unspecified atom stereocenters. The van der Waals surface area contributed by atoms with Crippen LogP contribution >= 0.6 is 11.6 Å². The number of aromatic carboxylic acids is 1. The predicted molar refractivity (Wildman–Crippen MR) is 64.7 cm³/mol. The Morgan fingerprint density at radius 1 is 1.56 bits per heavy atom. The molecule has 2 rings (SSSR count). The minimum Gasteiger partial charge on any atom is -0.478 e. The van der Waals surface area contributed by atoms with Crippen LogP contribution in [-0.4, -0.2) is 28.9 Å². The van der Waals surface area contributed by atoms with E-state index in [2.05, 4.69) is 0 Å².